The molecule has 0 aliphatic heterocycles. The Bertz CT molecular complexity index is 230. The molecule has 0 radical (unpaired) electrons. The van der Waals surface area contributed by atoms with Crippen LogP contribution in [0.1, 0.15) is 25.7 Å². The van der Waals surface area contributed by atoms with Gasteiger partial charge >= 0.3 is 5.97 Å². The molecular formula is C10H18N2O2. The highest BCUT2D eigenvalue weighted by Gasteiger charge is 2.18. The second kappa shape index (κ2) is 4.88. The maximum atomic E-state index is 11.3. The van der Waals surface area contributed by atoms with Crippen LogP contribution in [0, 0.1) is 0 Å². The normalized spacial score (nSPS) is 18.3. The summed E-state index contributed by atoms with van der Waals surface area (Å²) in [5.41, 5.74) is 5.58. The molecule has 0 heterocycles. The SMILES string of the molecule is CN(C)/C(N)=C\C(=O)OC1CCCC1. The van der Waals surface area contributed by atoms with Crippen molar-refractivity contribution in [3.05, 3.63) is 11.9 Å². The lowest BCUT2D eigenvalue weighted by molar-refractivity contribution is -0.142. The van der Waals surface area contributed by atoms with Crippen LogP contribution in [-0.2, 0) is 9.53 Å². The minimum Gasteiger partial charge on any atom is -0.459 e. The van der Waals surface area contributed by atoms with Gasteiger partial charge in [-0.3, -0.25) is 0 Å². The molecule has 0 amide bonds. The first-order valence-electron chi connectivity index (χ1n) is 4.94. The lowest BCUT2D eigenvalue weighted by Gasteiger charge is -2.13. The molecule has 0 aromatic heterocycles. The lowest BCUT2D eigenvalue weighted by atomic mass is 10.3. The van der Waals surface area contributed by atoms with Crippen molar-refractivity contribution in [2.24, 2.45) is 5.73 Å². The fourth-order valence-electron chi connectivity index (χ4n) is 1.45. The second-order valence-electron chi connectivity index (χ2n) is 3.81. The van der Waals surface area contributed by atoms with Gasteiger partial charge in [-0.05, 0) is 25.7 Å². The van der Waals surface area contributed by atoms with E-state index in [0.717, 1.165) is 25.7 Å². The van der Waals surface area contributed by atoms with Crippen molar-refractivity contribution in [1.29, 1.82) is 0 Å². The van der Waals surface area contributed by atoms with E-state index in [2.05, 4.69) is 0 Å². The predicted molar refractivity (Wildman–Crippen MR) is 54.3 cm³/mol. The molecule has 2 N–H and O–H groups in total. The van der Waals surface area contributed by atoms with Crippen molar-refractivity contribution >= 4 is 5.97 Å². The monoisotopic (exact) mass is 198 g/mol. The van der Waals surface area contributed by atoms with Crippen molar-refractivity contribution in [3.63, 3.8) is 0 Å². The van der Waals surface area contributed by atoms with E-state index in [0.29, 0.717) is 5.82 Å². The summed E-state index contributed by atoms with van der Waals surface area (Å²) in [5.74, 6) is 0.0936. The van der Waals surface area contributed by atoms with Crippen LogP contribution in [-0.4, -0.2) is 31.1 Å². The molecule has 4 nitrogen and oxygen atoms in total. The van der Waals surface area contributed by atoms with Gasteiger partial charge in [-0.2, -0.15) is 0 Å². The topological polar surface area (TPSA) is 55.6 Å². The van der Waals surface area contributed by atoms with E-state index in [1.807, 2.05) is 0 Å². The molecule has 0 saturated heterocycles. The summed E-state index contributed by atoms with van der Waals surface area (Å²) >= 11 is 0. The number of hydrogen-bond acceptors (Lipinski definition) is 4. The summed E-state index contributed by atoms with van der Waals surface area (Å²) in [6, 6.07) is 0. The standard InChI is InChI=1S/C10H18N2O2/c1-12(2)9(11)7-10(13)14-8-5-3-4-6-8/h7-8H,3-6,11H2,1-2H3/b9-7-. The molecule has 14 heavy (non-hydrogen) atoms. The van der Waals surface area contributed by atoms with Gasteiger partial charge in [0.25, 0.3) is 0 Å². The van der Waals surface area contributed by atoms with Gasteiger partial charge in [0.15, 0.2) is 0 Å². The minimum atomic E-state index is -0.330. The summed E-state index contributed by atoms with van der Waals surface area (Å²) in [5, 5.41) is 0. The number of hydrogen-bond donors (Lipinski definition) is 1. The highest BCUT2D eigenvalue weighted by Crippen LogP contribution is 2.21. The van der Waals surface area contributed by atoms with Crippen molar-refractivity contribution < 1.29 is 9.53 Å². The number of rotatable bonds is 3. The molecule has 1 aliphatic rings. The predicted octanol–water partition coefficient (Wildman–Crippen LogP) is 0.834. The van der Waals surface area contributed by atoms with Gasteiger partial charge in [0, 0.05) is 14.1 Å². The Labute approximate surface area is 84.7 Å². The largest absolute Gasteiger partial charge is 0.459 e. The molecule has 1 aliphatic carbocycles. The van der Waals surface area contributed by atoms with Crippen LogP contribution < -0.4 is 5.73 Å². The average Bonchev–Trinajstić information content (AvgIpc) is 2.56. The van der Waals surface area contributed by atoms with E-state index in [-0.39, 0.29) is 12.1 Å². The van der Waals surface area contributed by atoms with Gasteiger partial charge in [0.2, 0.25) is 0 Å². The maximum absolute atomic E-state index is 11.3. The number of ether oxygens (including phenoxy) is 1. The van der Waals surface area contributed by atoms with Crippen LogP contribution in [0.15, 0.2) is 11.9 Å². The zero-order chi connectivity index (χ0) is 10.6. The Morgan fingerprint density at radius 2 is 2.00 bits per heavy atom. The highest BCUT2D eigenvalue weighted by atomic mass is 16.5. The molecule has 1 rings (SSSR count). The lowest BCUT2D eigenvalue weighted by Crippen LogP contribution is -2.21. The van der Waals surface area contributed by atoms with Gasteiger partial charge in [-0.1, -0.05) is 0 Å². The molecule has 0 bridgehead atoms. The van der Waals surface area contributed by atoms with Crippen LogP contribution in [0.5, 0.6) is 0 Å². The van der Waals surface area contributed by atoms with Crippen LogP contribution in [0.2, 0.25) is 0 Å². The Kier molecular flexibility index (Phi) is 3.80. The number of carbonyl (C=O) groups is 1. The summed E-state index contributed by atoms with van der Waals surface area (Å²) in [6.07, 6.45) is 5.73. The van der Waals surface area contributed by atoms with Crippen molar-refractivity contribution in [1.82, 2.24) is 4.90 Å². The van der Waals surface area contributed by atoms with E-state index >= 15 is 0 Å². The third kappa shape index (κ3) is 3.28. The summed E-state index contributed by atoms with van der Waals surface area (Å²) in [4.78, 5) is 13.0. The molecule has 80 valence electrons. The summed E-state index contributed by atoms with van der Waals surface area (Å²) < 4.78 is 5.21. The molecule has 4 heteroatoms. The van der Waals surface area contributed by atoms with Crippen LogP contribution in [0.3, 0.4) is 0 Å². The fraction of sp³-hybridized carbons (Fsp3) is 0.700. The number of carbonyl (C=O) groups excluding carboxylic acids is 1. The minimum absolute atomic E-state index is 0.105. The molecular weight excluding hydrogens is 180 g/mol. The molecule has 0 unspecified atom stereocenters. The van der Waals surface area contributed by atoms with Gasteiger partial charge < -0.3 is 15.4 Å². The summed E-state index contributed by atoms with van der Waals surface area (Å²) in [7, 11) is 3.57. The third-order valence-electron chi connectivity index (χ3n) is 2.37. The number of nitrogens with two attached hydrogens (primary N) is 1. The van der Waals surface area contributed by atoms with Crippen molar-refractivity contribution in [2.75, 3.05) is 14.1 Å². The molecule has 0 aromatic carbocycles. The molecule has 0 atom stereocenters. The fourth-order valence-corrected chi connectivity index (χ4v) is 1.45. The van der Waals surface area contributed by atoms with E-state index in [9.17, 15) is 4.79 Å². The Hall–Kier alpha value is -1.19. The van der Waals surface area contributed by atoms with Gasteiger partial charge in [0.1, 0.15) is 11.9 Å². The second-order valence-corrected chi connectivity index (χ2v) is 3.81. The molecule has 0 spiro atoms. The van der Waals surface area contributed by atoms with Gasteiger partial charge in [0.05, 0.1) is 6.08 Å². The van der Waals surface area contributed by atoms with Crippen LogP contribution in [0.25, 0.3) is 0 Å². The van der Waals surface area contributed by atoms with Crippen LogP contribution >= 0.6 is 0 Å². The highest BCUT2D eigenvalue weighted by molar-refractivity contribution is 5.82. The van der Waals surface area contributed by atoms with Crippen molar-refractivity contribution in [2.45, 2.75) is 31.8 Å². The van der Waals surface area contributed by atoms with Crippen molar-refractivity contribution in [3.8, 4) is 0 Å². The molecule has 0 aromatic rings. The average molecular weight is 198 g/mol. The zero-order valence-electron chi connectivity index (χ0n) is 8.82. The first-order valence-corrected chi connectivity index (χ1v) is 4.94. The first kappa shape index (κ1) is 10.9. The smallest absolute Gasteiger partial charge is 0.334 e. The van der Waals surface area contributed by atoms with E-state index in [1.54, 1.807) is 19.0 Å². The van der Waals surface area contributed by atoms with Gasteiger partial charge in [-0.15, -0.1) is 0 Å². The Morgan fingerprint density at radius 1 is 1.43 bits per heavy atom. The first-order chi connectivity index (χ1) is 6.59. The Balaban J connectivity index is 2.38. The quantitative estimate of drug-likeness (QED) is 0.539. The Morgan fingerprint density at radius 3 is 2.50 bits per heavy atom. The summed E-state index contributed by atoms with van der Waals surface area (Å²) in [6.45, 7) is 0. The maximum Gasteiger partial charge on any atom is 0.334 e. The molecule has 1 fully saturated rings. The zero-order valence-corrected chi connectivity index (χ0v) is 8.82. The number of nitrogens with zero attached hydrogens (tertiary/aromatic N) is 1. The van der Waals surface area contributed by atoms with E-state index in [1.165, 1.54) is 6.08 Å². The van der Waals surface area contributed by atoms with E-state index in [4.69, 9.17) is 10.5 Å². The van der Waals surface area contributed by atoms with E-state index < -0.39 is 0 Å². The van der Waals surface area contributed by atoms with Crippen LogP contribution in [0.4, 0.5) is 0 Å². The van der Waals surface area contributed by atoms with Gasteiger partial charge in [-0.25, -0.2) is 4.79 Å². The third-order valence-corrected chi connectivity index (χ3v) is 2.37. The number of esters is 1. The molecule has 1 saturated carbocycles.